The topological polar surface area (TPSA) is 16.4 Å². The lowest BCUT2D eigenvalue weighted by atomic mass is 9.82. The lowest BCUT2D eigenvalue weighted by Gasteiger charge is -2.27. The standard InChI is InChI=1S/C12H13BrN2/c1-14-12(6-8-15-9-7-12)10-2-4-11(13)5-3-10/h2-5,15H,6-9H2. The zero-order valence-corrected chi connectivity index (χ0v) is 10.0. The Morgan fingerprint density at radius 2 is 1.80 bits per heavy atom. The summed E-state index contributed by atoms with van der Waals surface area (Å²) in [5.41, 5.74) is 0.869. The number of nitrogens with one attached hydrogen (secondary N) is 1. The van der Waals surface area contributed by atoms with Gasteiger partial charge < -0.3 is 10.2 Å². The third kappa shape index (κ3) is 2.06. The quantitative estimate of drug-likeness (QED) is 0.772. The lowest BCUT2D eigenvalue weighted by Crippen LogP contribution is -2.37. The maximum Gasteiger partial charge on any atom is 0.259 e. The third-order valence-corrected chi connectivity index (χ3v) is 3.55. The van der Waals surface area contributed by atoms with Crippen molar-refractivity contribution in [1.29, 1.82) is 0 Å². The van der Waals surface area contributed by atoms with Gasteiger partial charge in [-0.2, -0.15) is 0 Å². The molecule has 0 saturated carbocycles. The molecule has 0 aromatic heterocycles. The molecule has 0 amide bonds. The van der Waals surface area contributed by atoms with Crippen LogP contribution < -0.4 is 5.32 Å². The molecule has 0 atom stereocenters. The fraction of sp³-hybridized carbons (Fsp3) is 0.417. The van der Waals surface area contributed by atoms with Gasteiger partial charge in [0.2, 0.25) is 0 Å². The normalized spacial score (nSPS) is 19.5. The Labute approximate surface area is 98.6 Å². The van der Waals surface area contributed by atoms with E-state index < -0.39 is 0 Å². The molecule has 2 rings (SSSR count). The van der Waals surface area contributed by atoms with Crippen molar-refractivity contribution in [3.05, 3.63) is 45.7 Å². The summed E-state index contributed by atoms with van der Waals surface area (Å²) in [5, 5.41) is 3.30. The number of rotatable bonds is 1. The summed E-state index contributed by atoms with van der Waals surface area (Å²) in [5.74, 6) is 0. The Balaban J connectivity index is 2.33. The van der Waals surface area contributed by atoms with Crippen molar-refractivity contribution in [2.45, 2.75) is 18.4 Å². The molecule has 0 bridgehead atoms. The maximum atomic E-state index is 7.42. The Morgan fingerprint density at radius 1 is 1.20 bits per heavy atom. The molecule has 1 saturated heterocycles. The first-order valence-corrected chi connectivity index (χ1v) is 5.91. The lowest BCUT2D eigenvalue weighted by molar-refractivity contribution is 0.370. The van der Waals surface area contributed by atoms with Crippen LogP contribution in [0, 0.1) is 6.57 Å². The minimum absolute atomic E-state index is 0.286. The molecule has 1 aliphatic rings. The molecule has 0 radical (unpaired) electrons. The van der Waals surface area contributed by atoms with Crippen molar-refractivity contribution in [2.75, 3.05) is 13.1 Å². The van der Waals surface area contributed by atoms with Gasteiger partial charge in [0.15, 0.2) is 0 Å². The summed E-state index contributed by atoms with van der Waals surface area (Å²) in [4.78, 5) is 3.87. The molecule has 78 valence electrons. The smallest absolute Gasteiger partial charge is 0.259 e. The molecule has 15 heavy (non-hydrogen) atoms. The minimum atomic E-state index is -0.286. The number of nitrogens with zero attached hydrogens (tertiary/aromatic N) is 1. The molecular weight excluding hydrogens is 252 g/mol. The van der Waals surface area contributed by atoms with Gasteiger partial charge in [0.1, 0.15) is 0 Å². The largest absolute Gasteiger partial charge is 0.316 e. The predicted octanol–water partition coefficient (Wildman–Crippen LogP) is 2.95. The van der Waals surface area contributed by atoms with Crippen LogP contribution in [-0.4, -0.2) is 13.1 Å². The van der Waals surface area contributed by atoms with E-state index in [0.717, 1.165) is 36.0 Å². The second-order valence-corrected chi connectivity index (χ2v) is 4.82. The van der Waals surface area contributed by atoms with E-state index in [0.29, 0.717) is 0 Å². The molecule has 0 unspecified atom stereocenters. The van der Waals surface area contributed by atoms with E-state index in [1.165, 1.54) is 0 Å². The van der Waals surface area contributed by atoms with Crippen LogP contribution in [0.4, 0.5) is 0 Å². The van der Waals surface area contributed by atoms with Crippen LogP contribution in [-0.2, 0) is 5.54 Å². The van der Waals surface area contributed by atoms with E-state index in [2.05, 4.69) is 38.2 Å². The molecule has 1 aromatic rings. The van der Waals surface area contributed by atoms with E-state index >= 15 is 0 Å². The van der Waals surface area contributed by atoms with Crippen molar-refractivity contribution in [2.24, 2.45) is 0 Å². The number of hydrogen-bond acceptors (Lipinski definition) is 1. The molecule has 0 spiro atoms. The van der Waals surface area contributed by atoms with Crippen molar-refractivity contribution >= 4 is 15.9 Å². The van der Waals surface area contributed by atoms with Gasteiger partial charge in [-0.05, 0) is 24.3 Å². The number of piperidine rings is 1. The molecular formula is C12H13BrN2. The Bertz CT molecular complexity index is 372. The van der Waals surface area contributed by atoms with Gasteiger partial charge in [0.05, 0.1) is 0 Å². The molecule has 1 fully saturated rings. The molecule has 1 aromatic carbocycles. The van der Waals surface area contributed by atoms with Crippen LogP contribution in [0.15, 0.2) is 28.7 Å². The summed E-state index contributed by atoms with van der Waals surface area (Å²) in [6.45, 7) is 9.31. The van der Waals surface area contributed by atoms with Gasteiger partial charge in [0.25, 0.3) is 5.54 Å². The van der Waals surface area contributed by atoms with E-state index in [1.54, 1.807) is 0 Å². The van der Waals surface area contributed by atoms with Crippen LogP contribution in [0.5, 0.6) is 0 Å². The van der Waals surface area contributed by atoms with E-state index in [4.69, 9.17) is 6.57 Å². The van der Waals surface area contributed by atoms with E-state index in [1.807, 2.05) is 12.1 Å². The van der Waals surface area contributed by atoms with E-state index in [-0.39, 0.29) is 5.54 Å². The monoisotopic (exact) mass is 264 g/mol. The van der Waals surface area contributed by atoms with Gasteiger partial charge in [-0.1, -0.05) is 15.9 Å². The maximum absolute atomic E-state index is 7.42. The minimum Gasteiger partial charge on any atom is -0.316 e. The molecule has 1 heterocycles. The molecule has 3 heteroatoms. The second kappa shape index (κ2) is 4.34. The summed E-state index contributed by atoms with van der Waals surface area (Å²) in [6.07, 6.45) is 1.83. The van der Waals surface area contributed by atoms with Crippen molar-refractivity contribution in [1.82, 2.24) is 5.32 Å². The summed E-state index contributed by atoms with van der Waals surface area (Å²) < 4.78 is 1.07. The van der Waals surface area contributed by atoms with Crippen molar-refractivity contribution in [3.63, 3.8) is 0 Å². The van der Waals surface area contributed by atoms with Gasteiger partial charge in [-0.3, -0.25) is 0 Å². The second-order valence-electron chi connectivity index (χ2n) is 3.90. The number of benzene rings is 1. The summed E-state index contributed by atoms with van der Waals surface area (Å²) in [6, 6.07) is 8.16. The van der Waals surface area contributed by atoms with Gasteiger partial charge >= 0.3 is 0 Å². The first-order valence-electron chi connectivity index (χ1n) is 5.12. The van der Waals surface area contributed by atoms with E-state index in [9.17, 15) is 0 Å². The summed E-state index contributed by atoms with van der Waals surface area (Å²) in [7, 11) is 0. The zero-order valence-electron chi connectivity index (χ0n) is 8.46. The average molecular weight is 265 g/mol. The molecule has 0 aliphatic carbocycles. The van der Waals surface area contributed by atoms with Crippen LogP contribution in [0.1, 0.15) is 18.4 Å². The molecule has 1 aliphatic heterocycles. The highest BCUT2D eigenvalue weighted by Crippen LogP contribution is 2.35. The van der Waals surface area contributed by atoms with Gasteiger partial charge in [0, 0.05) is 36.0 Å². The number of halogens is 1. The fourth-order valence-corrected chi connectivity index (χ4v) is 2.33. The highest BCUT2D eigenvalue weighted by molar-refractivity contribution is 9.10. The Hall–Kier alpha value is -0.850. The first kappa shape index (κ1) is 10.7. The Kier molecular flexibility index (Phi) is 3.08. The van der Waals surface area contributed by atoms with Crippen molar-refractivity contribution in [3.8, 4) is 0 Å². The Morgan fingerprint density at radius 3 is 2.33 bits per heavy atom. The van der Waals surface area contributed by atoms with Crippen LogP contribution in [0.2, 0.25) is 0 Å². The first-order chi connectivity index (χ1) is 7.27. The van der Waals surface area contributed by atoms with Crippen LogP contribution in [0.3, 0.4) is 0 Å². The molecule has 1 N–H and O–H groups in total. The highest BCUT2D eigenvalue weighted by atomic mass is 79.9. The van der Waals surface area contributed by atoms with Gasteiger partial charge in [-0.25, -0.2) is 6.57 Å². The SMILES string of the molecule is [C-]#[N+]C1(c2ccc(Br)cc2)CCNCC1. The van der Waals surface area contributed by atoms with Crippen LogP contribution >= 0.6 is 15.9 Å². The third-order valence-electron chi connectivity index (χ3n) is 3.03. The zero-order chi connectivity index (χ0) is 10.7. The fourth-order valence-electron chi connectivity index (χ4n) is 2.07. The average Bonchev–Trinajstić information content (AvgIpc) is 2.31. The number of hydrogen-bond donors (Lipinski definition) is 1. The van der Waals surface area contributed by atoms with Gasteiger partial charge in [-0.15, -0.1) is 0 Å². The summed E-state index contributed by atoms with van der Waals surface area (Å²) >= 11 is 3.42. The highest BCUT2D eigenvalue weighted by Gasteiger charge is 2.39. The van der Waals surface area contributed by atoms with Crippen LogP contribution in [0.25, 0.3) is 4.85 Å². The molecule has 2 nitrogen and oxygen atoms in total. The predicted molar refractivity (Wildman–Crippen MR) is 64.5 cm³/mol. The van der Waals surface area contributed by atoms with Crippen molar-refractivity contribution < 1.29 is 0 Å².